The highest BCUT2D eigenvalue weighted by atomic mass is 31.2. The maximum Gasteiger partial charge on any atom is 0.472 e. The molecule has 0 fully saturated rings. The summed E-state index contributed by atoms with van der Waals surface area (Å²) in [4.78, 5) is 72.5. The Kier molecular flexibility index (Phi) is 63.7. The molecular weight excluding hydrogens is 1210 g/mol. The molecule has 0 heterocycles. The first-order chi connectivity index (χ1) is 44.4. The molecule has 0 aromatic carbocycles. The molecule has 0 aromatic rings. The average molecular weight is 1350 g/mol. The van der Waals surface area contributed by atoms with E-state index in [1.54, 1.807) is 0 Å². The van der Waals surface area contributed by atoms with Crippen LogP contribution in [0, 0.1) is 11.8 Å². The summed E-state index contributed by atoms with van der Waals surface area (Å²) in [6.45, 7) is 9.47. The third-order valence-corrected chi connectivity index (χ3v) is 18.9. The second kappa shape index (κ2) is 65.0. The van der Waals surface area contributed by atoms with Gasteiger partial charge in [-0.3, -0.25) is 37.3 Å². The van der Waals surface area contributed by atoms with Gasteiger partial charge in [0.2, 0.25) is 0 Å². The van der Waals surface area contributed by atoms with Gasteiger partial charge in [-0.1, -0.05) is 324 Å². The monoisotopic (exact) mass is 1350 g/mol. The van der Waals surface area contributed by atoms with Crippen LogP contribution in [0.25, 0.3) is 0 Å². The van der Waals surface area contributed by atoms with Gasteiger partial charge in [0, 0.05) is 25.7 Å². The van der Waals surface area contributed by atoms with Gasteiger partial charge in [0.25, 0.3) is 0 Å². The van der Waals surface area contributed by atoms with Crippen molar-refractivity contribution in [1.29, 1.82) is 0 Å². The number of carbonyl (C=O) groups excluding carboxylic acids is 4. The molecule has 0 saturated carbocycles. The van der Waals surface area contributed by atoms with Gasteiger partial charge in [-0.2, -0.15) is 0 Å². The third-order valence-electron chi connectivity index (χ3n) is 17.0. The van der Waals surface area contributed by atoms with Gasteiger partial charge in [0.1, 0.15) is 19.3 Å². The molecule has 0 aromatic heterocycles. The van der Waals surface area contributed by atoms with E-state index in [0.717, 1.165) is 102 Å². The lowest BCUT2D eigenvalue weighted by Crippen LogP contribution is -2.30. The van der Waals surface area contributed by atoms with Crippen LogP contribution in [0.4, 0.5) is 0 Å². The zero-order chi connectivity index (χ0) is 67.9. The normalized spacial score (nSPS) is 14.1. The van der Waals surface area contributed by atoms with Gasteiger partial charge in [0.05, 0.1) is 26.4 Å². The lowest BCUT2D eigenvalue weighted by molar-refractivity contribution is -0.161. The van der Waals surface area contributed by atoms with Gasteiger partial charge in [-0.25, -0.2) is 9.13 Å². The van der Waals surface area contributed by atoms with Crippen molar-refractivity contribution >= 4 is 39.5 Å². The molecule has 0 spiro atoms. The van der Waals surface area contributed by atoms with Crippen LogP contribution >= 0.6 is 15.6 Å². The molecule has 0 rings (SSSR count). The molecule has 0 aliphatic carbocycles. The molecule has 5 atom stereocenters. The van der Waals surface area contributed by atoms with Crippen molar-refractivity contribution in [3.63, 3.8) is 0 Å². The maximum atomic E-state index is 13.1. The fourth-order valence-electron chi connectivity index (χ4n) is 11.1. The summed E-state index contributed by atoms with van der Waals surface area (Å²) in [6.07, 6.45) is 51.7. The van der Waals surface area contributed by atoms with Crippen LogP contribution in [0.1, 0.15) is 375 Å². The standard InChI is InChI=1S/C73H142O17P2/c1-7-9-11-13-15-17-18-19-20-21-22-23-24-25-26-27-28-33-39-45-51-57-72(77)89-68(62-84-71(76)56-50-44-38-32-30-29-31-35-41-47-53-65(3)4)63-87-91(79,80)85-59-67(74)60-86-92(81,82)88-64-69(61-83-70(75)55-49-43-37-16-14-12-10-8-2)90-73(78)58-52-46-40-34-36-42-48-54-66(5)6/h65-69,74H,7-64H2,1-6H3,(H,79,80)(H,81,82)/t67-,68-,69-/m1/s1. The topological polar surface area (TPSA) is 237 Å². The lowest BCUT2D eigenvalue weighted by atomic mass is 10.0. The van der Waals surface area contributed by atoms with Crippen LogP contribution in [-0.2, 0) is 65.4 Å². The van der Waals surface area contributed by atoms with E-state index < -0.39 is 97.5 Å². The minimum Gasteiger partial charge on any atom is -0.462 e. The number of ether oxygens (including phenoxy) is 4. The van der Waals surface area contributed by atoms with Gasteiger partial charge >= 0.3 is 39.5 Å². The van der Waals surface area contributed by atoms with Crippen molar-refractivity contribution in [2.24, 2.45) is 11.8 Å². The minimum atomic E-state index is -4.95. The first-order valence-corrected chi connectivity index (χ1v) is 41.0. The first kappa shape index (κ1) is 90.1. The minimum absolute atomic E-state index is 0.103. The van der Waals surface area contributed by atoms with Crippen LogP contribution in [0.2, 0.25) is 0 Å². The summed E-state index contributed by atoms with van der Waals surface area (Å²) in [5.41, 5.74) is 0. The zero-order valence-corrected chi connectivity index (χ0v) is 61.6. The second-order valence-electron chi connectivity index (χ2n) is 27.3. The molecule has 0 radical (unpaired) electrons. The van der Waals surface area contributed by atoms with Gasteiger partial charge in [0.15, 0.2) is 12.2 Å². The Hall–Kier alpha value is -1.94. The number of phosphoric ester groups is 2. The number of aliphatic hydroxyl groups excluding tert-OH is 1. The van der Waals surface area contributed by atoms with Crippen molar-refractivity contribution in [2.75, 3.05) is 39.6 Å². The van der Waals surface area contributed by atoms with E-state index in [1.165, 1.54) is 186 Å². The van der Waals surface area contributed by atoms with E-state index in [9.17, 15) is 43.2 Å². The summed E-state index contributed by atoms with van der Waals surface area (Å²) in [6, 6.07) is 0. The van der Waals surface area contributed by atoms with Crippen molar-refractivity contribution in [1.82, 2.24) is 0 Å². The molecule has 3 N–H and O–H groups in total. The molecule has 19 heteroatoms. The number of carbonyl (C=O) groups is 4. The SMILES string of the molecule is CCCCCCCCCCCCCCCCCCCCCCCC(=O)O[C@H](COC(=O)CCCCCCCCCCCCC(C)C)COP(=O)(O)OC[C@@H](O)COP(=O)(O)OC[C@@H](COC(=O)CCCCCCCCCC)OC(=O)CCCCCCCCCC(C)C. The van der Waals surface area contributed by atoms with Gasteiger partial charge in [-0.15, -0.1) is 0 Å². The molecular formula is C73H142O17P2. The first-order valence-electron chi connectivity index (χ1n) is 38.0. The number of esters is 4. The van der Waals surface area contributed by atoms with Crippen LogP contribution in [0.3, 0.4) is 0 Å². The highest BCUT2D eigenvalue weighted by Crippen LogP contribution is 2.45. The van der Waals surface area contributed by atoms with Crippen molar-refractivity contribution in [2.45, 2.75) is 394 Å². The van der Waals surface area contributed by atoms with Crippen molar-refractivity contribution < 1.29 is 80.2 Å². The Morgan fingerprint density at radius 3 is 0.739 bits per heavy atom. The highest BCUT2D eigenvalue weighted by molar-refractivity contribution is 7.47. The van der Waals surface area contributed by atoms with E-state index in [1.807, 2.05) is 0 Å². The Bertz CT molecular complexity index is 1790. The Balaban J connectivity index is 5.16. The Labute approximate surface area is 562 Å². The van der Waals surface area contributed by atoms with Gasteiger partial charge < -0.3 is 33.8 Å². The number of rotatable bonds is 72. The highest BCUT2D eigenvalue weighted by Gasteiger charge is 2.30. The second-order valence-corrected chi connectivity index (χ2v) is 30.2. The predicted molar refractivity (Wildman–Crippen MR) is 372 cm³/mol. The molecule has 0 aliphatic rings. The van der Waals surface area contributed by atoms with Crippen molar-refractivity contribution in [3.05, 3.63) is 0 Å². The number of hydrogen-bond acceptors (Lipinski definition) is 15. The summed E-state index contributed by atoms with van der Waals surface area (Å²) >= 11 is 0. The average Bonchev–Trinajstić information content (AvgIpc) is 2.80. The Morgan fingerprint density at radius 1 is 0.293 bits per heavy atom. The van der Waals surface area contributed by atoms with E-state index in [4.69, 9.17) is 37.0 Å². The smallest absolute Gasteiger partial charge is 0.462 e. The zero-order valence-electron chi connectivity index (χ0n) is 59.9. The summed E-state index contributed by atoms with van der Waals surface area (Å²) in [7, 11) is -9.90. The van der Waals surface area contributed by atoms with E-state index >= 15 is 0 Å². The van der Waals surface area contributed by atoms with Crippen LogP contribution in [0.15, 0.2) is 0 Å². The molecule has 2 unspecified atom stereocenters. The summed E-state index contributed by atoms with van der Waals surface area (Å²) < 4.78 is 68.3. The largest absolute Gasteiger partial charge is 0.472 e. The maximum absolute atomic E-state index is 13.1. The van der Waals surface area contributed by atoms with Crippen molar-refractivity contribution in [3.8, 4) is 0 Å². The number of hydrogen-bond donors (Lipinski definition) is 3. The fraction of sp³-hybridized carbons (Fsp3) is 0.945. The molecule has 0 aliphatic heterocycles. The number of phosphoric acid groups is 2. The van der Waals surface area contributed by atoms with Crippen LogP contribution in [0.5, 0.6) is 0 Å². The quantitative estimate of drug-likeness (QED) is 0.0222. The molecule has 0 amide bonds. The third kappa shape index (κ3) is 66.7. The van der Waals surface area contributed by atoms with E-state index in [-0.39, 0.29) is 25.7 Å². The lowest BCUT2D eigenvalue weighted by Gasteiger charge is -2.21. The molecule has 546 valence electrons. The predicted octanol–water partition coefficient (Wildman–Crippen LogP) is 21.2. The summed E-state index contributed by atoms with van der Waals surface area (Å²) in [5, 5.41) is 10.6. The molecule has 0 saturated heterocycles. The number of unbranched alkanes of at least 4 members (excludes halogenated alkanes) is 42. The van der Waals surface area contributed by atoms with Crippen LogP contribution in [-0.4, -0.2) is 96.7 Å². The van der Waals surface area contributed by atoms with Gasteiger partial charge in [-0.05, 0) is 37.5 Å². The molecule has 17 nitrogen and oxygen atoms in total. The fourth-order valence-corrected chi connectivity index (χ4v) is 12.7. The molecule has 92 heavy (non-hydrogen) atoms. The molecule has 0 bridgehead atoms. The van der Waals surface area contributed by atoms with Crippen LogP contribution < -0.4 is 0 Å². The van der Waals surface area contributed by atoms with E-state index in [2.05, 4.69) is 41.5 Å². The van der Waals surface area contributed by atoms with E-state index in [0.29, 0.717) is 31.6 Å². The Morgan fingerprint density at radius 2 is 0.500 bits per heavy atom. The summed E-state index contributed by atoms with van der Waals surface area (Å²) in [5.74, 6) is -0.672. The number of aliphatic hydroxyl groups is 1.